The molecule has 0 spiro atoms. The minimum atomic E-state index is -0.554. The molecule has 5 heterocycles. The van der Waals surface area contributed by atoms with Gasteiger partial charge in [0.25, 0.3) is 5.91 Å². The van der Waals surface area contributed by atoms with E-state index in [0.717, 1.165) is 58.1 Å². The van der Waals surface area contributed by atoms with E-state index in [4.69, 9.17) is 14.5 Å². The van der Waals surface area contributed by atoms with Crippen LogP contribution in [0.1, 0.15) is 66.8 Å². The molecular formula is C33H37N5O4. The first kappa shape index (κ1) is 27.9. The van der Waals surface area contributed by atoms with Gasteiger partial charge in [0, 0.05) is 61.3 Å². The van der Waals surface area contributed by atoms with E-state index in [1.807, 2.05) is 44.1 Å². The maximum absolute atomic E-state index is 13.2. The maximum atomic E-state index is 13.2. The second-order valence-electron chi connectivity index (χ2n) is 12.3. The molecule has 0 unspecified atom stereocenters. The minimum absolute atomic E-state index is 0.0655. The van der Waals surface area contributed by atoms with Crippen LogP contribution in [0, 0.1) is 0 Å². The number of likely N-dealkylation sites (tertiary alicyclic amines) is 1. The van der Waals surface area contributed by atoms with Crippen LogP contribution in [-0.4, -0.2) is 69.6 Å². The van der Waals surface area contributed by atoms with E-state index in [0.29, 0.717) is 25.5 Å². The van der Waals surface area contributed by atoms with Crippen molar-refractivity contribution in [3.63, 3.8) is 0 Å². The zero-order valence-corrected chi connectivity index (χ0v) is 24.9. The minimum Gasteiger partial charge on any atom is -0.444 e. The van der Waals surface area contributed by atoms with Gasteiger partial charge >= 0.3 is 6.09 Å². The second-order valence-corrected chi connectivity index (χ2v) is 12.3. The number of amides is 2. The molecule has 2 aliphatic heterocycles. The number of nitrogens with zero attached hydrogens (tertiary/aromatic N) is 4. The predicted octanol–water partition coefficient (Wildman–Crippen LogP) is 6.14. The first-order valence-electron chi connectivity index (χ1n) is 14.5. The van der Waals surface area contributed by atoms with Crippen molar-refractivity contribution in [1.29, 1.82) is 0 Å². The average molecular weight is 568 g/mol. The van der Waals surface area contributed by atoms with Crippen molar-refractivity contribution in [1.82, 2.24) is 24.8 Å². The number of aromatic amines is 1. The normalized spacial score (nSPS) is 16.9. The Morgan fingerprint density at radius 1 is 1.07 bits per heavy atom. The summed E-state index contributed by atoms with van der Waals surface area (Å²) < 4.78 is 11.7. The molecule has 0 bridgehead atoms. The Morgan fingerprint density at radius 2 is 1.88 bits per heavy atom. The zero-order valence-electron chi connectivity index (χ0n) is 24.9. The van der Waals surface area contributed by atoms with Gasteiger partial charge in [-0.25, -0.2) is 9.78 Å². The molecule has 1 saturated heterocycles. The molecule has 42 heavy (non-hydrogen) atoms. The van der Waals surface area contributed by atoms with Gasteiger partial charge in [-0.2, -0.15) is 0 Å². The molecule has 6 rings (SSSR count). The lowest BCUT2D eigenvalue weighted by molar-refractivity contribution is 0.0221. The number of carbonyl (C=O) groups is 2. The van der Waals surface area contributed by atoms with Crippen molar-refractivity contribution in [3.8, 4) is 22.3 Å². The Morgan fingerprint density at radius 3 is 2.62 bits per heavy atom. The smallest absolute Gasteiger partial charge is 0.410 e. The predicted molar refractivity (Wildman–Crippen MR) is 161 cm³/mol. The van der Waals surface area contributed by atoms with E-state index >= 15 is 0 Å². The number of nitrogens with one attached hydrogen (secondary N) is 1. The third-order valence-electron chi connectivity index (χ3n) is 7.94. The average Bonchev–Trinajstić information content (AvgIpc) is 3.63. The zero-order chi connectivity index (χ0) is 29.6. The number of aromatic nitrogens is 3. The summed E-state index contributed by atoms with van der Waals surface area (Å²) in [7, 11) is 3.43. The van der Waals surface area contributed by atoms with E-state index in [9.17, 15) is 9.59 Å². The lowest BCUT2D eigenvalue weighted by Crippen LogP contribution is -2.36. The molecule has 1 N–H and O–H groups in total. The van der Waals surface area contributed by atoms with Crippen LogP contribution in [-0.2, 0) is 22.5 Å². The van der Waals surface area contributed by atoms with Gasteiger partial charge < -0.3 is 24.3 Å². The number of H-pyrrole nitrogens is 1. The highest BCUT2D eigenvalue weighted by Crippen LogP contribution is 2.40. The number of carbonyl (C=O) groups excluding carboxylic acids is 2. The van der Waals surface area contributed by atoms with Gasteiger partial charge in [-0.15, -0.1) is 0 Å². The molecule has 0 saturated carbocycles. The van der Waals surface area contributed by atoms with E-state index in [1.54, 1.807) is 26.4 Å². The maximum Gasteiger partial charge on any atom is 0.410 e. The summed E-state index contributed by atoms with van der Waals surface area (Å²) in [4.78, 5) is 41.3. The SMILES string of the molecule is CN(C)C(=O)c1ccc(-c2c[nH]c3ncc(-c4cc5c(c([C@@H]6CCCN6C(=O)OC(C)(C)C)c4)COCC5)cc23)cn1. The van der Waals surface area contributed by atoms with Gasteiger partial charge in [0.15, 0.2) is 0 Å². The van der Waals surface area contributed by atoms with Gasteiger partial charge in [-0.3, -0.25) is 9.78 Å². The number of hydrogen-bond acceptors (Lipinski definition) is 6. The second kappa shape index (κ2) is 10.9. The van der Waals surface area contributed by atoms with Gasteiger partial charge in [-0.05, 0) is 80.5 Å². The molecule has 3 aromatic heterocycles. The molecule has 9 heteroatoms. The van der Waals surface area contributed by atoms with Crippen molar-refractivity contribution < 1.29 is 19.1 Å². The van der Waals surface area contributed by atoms with Gasteiger partial charge in [0.1, 0.15) is 16.9 Å². The topological polar surface area (TPSA) is 101 Å². The Balaban J connectivity index is 1.39. The Kier molecular flexibility index (Phi) is 7.22. The third-order valence-corrected chi connectivity index (χ3v) is 7.94. The molecular weight excluding hydrogens is 530 g/mol. The summed E-state index contributed by atoms with van der Waals surface area (Å²) in [5.41, 5.74) is 8.12. The van der Waals surface area contributed by atoms with E-state index in [2.05, 4.69) is 28.2 Å². The van der Waals surface area contributed by atoms with Crippen LogP contribution in [0.5, 0.6) is 0 Å². The van der Waals surface area contributed by atoms with Crippen LogP contribution in [0.4, 0.5) is 4.79 Å². The molecule has 1 fully saturated rings. The fraction of sp³-hybridized carbons (Fsp3) is 0.394. The fourth-order valence-electron chi connectivity index (χ4n) is 5.91. The molecule has 9 nitrogen and oxygen atoms in total. The number of benzene rings is 1. The Bertz CT molecular complexity index is 1650. The third kappa shape index (κ3) is 5.36. The molecule has 2 aliphatic rings. The van der Waals surface area contributed by atoms with Crippen LogP contribution in [0.2, 0.25) is 0 Å². The molecule has 0 radical (unpaired) electrons. The number of pyridine rings is 2. The molecule has 218 valence electrons. The molecule has 0 aliphatic carbocycles. The Hall–Kier alpha value is -4.24. The quantitative estimate of drug-likeness (QED) is 0.318. The lowest BCUT2D eigenvalue weighted by Gasteiger charge is -2.31. The first-order chi connectivity index (χ1) is 20.1. The summed E-state index contributed by atoms with van der Waals surface area (Å²) in [6, 6.07) is 10.2. The van der Waals surface area contributed by atoms with E-state index in [1.165, 1.54) is 16.0 Å². The fourth-order valence-corrected chi connectivity index (χ4v) is 5.91. The van der Waals surface area contributed by atoms with Crippen molar-refractivity contribution in [3.05, 3.63) is 71.3 Å². The standard InChI is InChI=1S/C33H37N5O4/c1-33(2,3)42-32(40)38-11-6-7-29(38)24-14-22(13-20-10-12-41-19-27(20)24)23-15-25-26(18-36-30(25)35-17-23)21-8-9-28(34-16-21)31(39)37(4)5/h8-9,13-18,29H,6-7,10-12,19H2,1-5H3,(H,35,36)/t29-/m0/s1. The lowest BCUT2D eigenvalue weighted by atomic mass is 9.88. The van der Waals surface area contributed by atoms with Crippen molar-refractivity contribution in [2.24, 2.45) is 0 Å². The molecule has 1 atom stereocenters. The van der Waals surface area contributed by atoms with Gasteiger partial charge in [0.2, 0.25) is 0 Å². The summed E-state index contributed by atoms with van der Waals surface area (Å²) in [6.45, 7) is 7.60. The van der Waals surface area contributed by atoms with Gasteiger partial charge in [-0.1, -0.05) is 12.1 Å². The number of hydrogen-bond donors (Lipinski definition) is 1. The molecule has 1 aromatic carbocycles. The van der Waals surface area contributed by atoms with Crippen LogP contribution < -0.4 is 0 Å². The van der Waals surface area contributed by atoms with Crippen molar-refractivity contribution >= 4 is 23.0 Å². The summed E-state index contributed by atoms with van der Waals surface area (Å²) >= 11 is 0. The monoisotopic (exact) mass is 567 g/mol. The van der Waals surface area contributed by atoms with Gasteiger partial charge in [0.05, 0.1) is 19.3 Å². The first-order valence-corrected chi connectivity index (χ1v) is 14.5. The largest absolute Gasteiger partial charge is 0.444 e. The summed E-state index contributed by atoms with van der Waals surface area (Å²) in [5, 5.41) is 0.972. The number of ether oxygens (including phenoxy) is 2. The van der Waals surface area contributed by atoms with E-state index < -0.39 is 5.60 Å². The van der Waals surface area contributed by atoms with Crippen LogP contribution >= 0.6 is 0 Å². The summed E-state index contributed by atoms with van der Waals surface area (Å²) in [5.74, 6) is -0.134. The molecule has 4 aromatic rings. The van der Waals surface area contributed by atoms with Crippen LogP contribution in [0.25, 0.3) is 33.3 Å². The Labute approximate surface area is 245 Å². The van der Waals surface area contributed by atoms with E-state index in [-0.39, 0.29) is 18.0 Å². The van der Waals surface area contributed by atoms with Crippen molar-refractivity contribution in [2.45, 2.75) is 58.3 Å². The highest BCUT2D eigenvalue weighted by atomic mass is 16.6. The highest BCUT2D eigenvalue weighted by Gasteiger charge is 2.35. The molecule has 2 amide bonds. The van der Waals surface area contributed by atoms with Crippen LogP contribution in [0.15, 0.2) is 48.9 Å². The van der Waals surface area contributed by atoms with Crippen LogP contribution in [0.3, 0.4) is 0 Å². The number of fused-ring (bicyclic) bond motifs is 2. The highest BCUT2D eigenvalue weighted by molar-refractivity contribution is 5.97. The number of rotatable bonds is 4. The summed E-state index contributed by atoms with van der Waals surface area (Å²) in [6.07, 6.45) is 7.92. The van der Waals surface area contributed by atoms with Crippen molar-refractivity contribution in [2.75, 3.05) is 27.2 Å².